The third-order valence-corrected chi connectivity index (χ3v) is 14.4. The molecule has 28 heavy (non-hydrogen) atoms. The van der Waals surface area contributed by atoms with Crippen LogP contribution in [0.1, 0.15) is 48.5 Å². The van der Waals surface area contributed by atoms with Crippen LogP contribution in [0.3, 0.4) is 0 Å². The predicted octanol–water partition coefficient (Wildman–Crippen LogP) is 5.93. The van der Waals surface area contributed by atoms with E-state index in [0.29, 0.717) is 0 Å². The van der Waals surface area contributed by atoms with Gasteiger partial charge in [0, 0.05) is 0 Å². The molecule has 0 radical (unpaired) electrons. The second-order valence-corrected chi connectivity index (χ2v) is 19.5. The van der Waals surface area contributed by atoms with Crippen molar-refractivity contribution in [3.8, 4) is 6.07 Å². The standard InChI is InChI=1S/C21H39NO4Si2/c1-12-24-18(23)21(17-22,26-28(10,11)20(5,6)7)15-13-14-16-25-27(8,9)19(2,3)4/h13-16H,12H2,1-11H3/b15-13+,16-14+. The minimum absolute atomic E-state index is 0.0911. The Labute approximate surface area is 174 Å². The van der Waals surface area contributed by atoms with E-state index in [9.17, 15) is 10.1 Å². The molecule has 7 heteroatoms. The number of nitriles is 1. The van der Waals surface area contributed by atoms with Crippen molar-refractivity contribution in [3.05, 3.63) is 24.5 Å². The van der Waals surface area contributed by atoms with E-state index in [1.54, 1.807) is 25.3 Å². The molecule has 0 aromatic carbocycles. The lowest BCUT2D eigenvalue weighted by molar-refractivity contribution is -0.154. The third-order valence-electron chi connectivity index (χ3n) is 5.66. The Morgan fingerprint density at radius 2 is 1.46 bits per heavy atom. The molecule has 0 fully saturated rings. The van der Waals surface area contributed by atoms with Crippen LogP contribution in [0.15, 0.2) is 24.5 Å². The van der Waals surface area contributed by atoms with E-state index < -0.39 is 28.2 Å². The molecule has 160 valence electrons. The van der Waals surface area contributed by atoms with Gasteiger partial charge < -0.3 is 13.6 Å². The van der Waals surface area contributed by atoms with Crippen molar-refractivity contribution in [2.45, 2.75) is 90.3 Å². The molecule has 0 saturated heterocycles. The smallest absolute Gasteiger partial charge is 0.356 e. The lowest BCUT2D eigenvalue weighted by Gasteiger charge is -2.40. The average molecular weight is 426 g/mol. The van der Waals surface area contributed by atoms with E-state index in [-0.39, 0.29) is 16.7 Å². The summed E-state index contributed by atoms with van der Waals surface area (Å²) < 4.78 is 17.3. The van der Waals surface area contributed by atoms with Gasteiger partial charge >= 0.3 is 5.97 Å². The zero-order valence-corrected chi connectivity index (χ0v) is 21.6. The zero-order chi connectivity index (χ0) is 22.4. The van der Waals surface area contributed by atoms with Gasteiger partial charge in [0.25, 0.3) is 5.60 Å². The summed E-state index contributed by atoms with van der Waals surface area (Å²) in [5, 5.41) is 9.78. The fraction of sp³-hybridized carbons (Fsp3) is 0.714. The summed E-state index contributed by atoms with van der Waals surface area (Å²) in [5.41, 5.74) is -1.76. The molecule has 0 rings (SSSR count). The Morgan fingerprint density at radius 3 is 1.86 bits per heavy atom. The molecular formula is C21H39NO4Si2. The second-order valence-electron chi connectivity index (χ2n) is 10.00. The van der Waals surface area contributed by atoms with Gasteiger partial charge in [0.1, 0.15) is 6.07 Å². The quantitative estimate of drug-likeness (QED) is 0.209. The Hall–Kier alpha value is -1.37. The van der Waals surface area contributed by atoms with Crippen LogP contribution in [-0.2, 0) is 18.4 Å². The number of carbonyl (C=O) groups excluding carboxylic acids is 1. The fourth-order valence-electron chi connectivity index (χ4n) is 1.67. The number of hydrogen-bond donors (Lipinski definition) is 0. The molecular weight excluding hydrogens is 386 g/mol. The highest BCUT2D eigenvalue weighted by Gasteiger charge is 2.49. The Bertz CT molecular complexity index is 634. The molecule has 0 aliphatic heterocycles. The number of allylic oxidation sites excluding steroid dienone is 2. The van der Waals surface area contributed by atoms with Gasteiger partial charge in [-0.2, -0.15) is 5.26 Å². The topological polar surface area (TPSA) is 68.6 Å². The highest BCUT2D eigenvalue weighted by atomic mass is 28.4. The monoisotopic (exact) mass is 425 g/mol. The van der Waals surface area contributed by atoms with E-state index in [2.05, 4.69) is 54.6 Å². The van der Waals surface area contributed by atoms with Crippen LogP contribution in [0.5, 0.6) is 0 Å². The summed E-state index contributed by atoms with van der Waals surface area (Å²) in [6.07, 6.45) is 6.42. The average Bonchev–Trinajstić information content (AvgIpc) is 2.51. The summed E-state index contributed by atoms with van der Waals surface area (Å²) in [5.74, 6) is -0.683. The Kier molecular flexibility index (Phi) is 8.96. The van der Waals surface area contributed by atoms with Gasteiger partial charge in [-0.25, -0.2) is 4.79 Å². The first-order valence-electron chi connectivity index (χ1n) is 9.76. The Balaban J connectivity index is 5.68. The minimum atomic E-state index is -2.40. The van der Waals surface area contributed by atoms with Gasteiger partial charge in [-0.05, 0) is 55.3 Å². The highest BCUT2D eigenvalue weighted by molar-refractivity contribution is 6.74. The van der Waals surface area contributed by atoms with E-state index in [4.69, 9.17) is 13.6 Å². The van der Waals surface area contributed by atoms with Gasteiger partial charge in [-0.3, -0.25) is 0 Å². The molecule has 0 spiro atoms. The SMILES string of the molecule is CCOC(=O)C(C#N)(/C=C/C=C/O[Si](C)(C)C(C)(C)C)O[Si](C)(C)C(C)(C)C. The van der Waals surface area contributed by atoms with Crippen molar-refractivity contribution in [1.29, 1.82) is 5.26 Å². The van der Waals surface area contributed by atoms with Gasteiger partial charge in [0.2, 0.25) is 8.32 Å². The molecule has 5 nitrogen and oxygen atoms in total. The molecule has 0 aliphatic carbocycles. The molecule has 0 aliphatic rings. The van der Waals surface area contributed by atoms with Crippen LogP contribution in [0.4, 0.5) is 0 Å². The third kappa shape index (κ3) is 6.91. The number of hydrogen-bond acceptors (Lipinski definition) is 5. The number of nitrogens with zero attached hydrogens (tertiary/aromatic N) is 1. The first kappa shape index (κ1) is 26.6. The van der Waals surface area contributed by atoms with Crippen molar-refractivity contribution in [2.24, 2.45) is 0 Å². The molecule has 0 amide bonds. The van der Waals surface area contributed by atoms with Crippen LogP contribution in [0.25, 0.3) is 0 Å². The predicted molar refractivity (Wildman–Crippen MR) is 120 cm³/mol. The van der Waals surface area contributed by atoms with Crippen molar-refractivity contribution >= 4 is 22.6 Å². The van der Waals surface area contributed by atoms with E-state index in [0.717, 1.165) is 0 Å². The summed E-state index contributed by atoms with van der Waals surface area (Å²) in [4.78, 5) is 12.6. The summed E-state index contributed by atoms with van der Waals surface area (Å²) >= 11 is 0. The number of carbonyl (C=O) groups is 1. The fourth-order valence-corrected chi connectivity index (χ4v) is 3.75. The number of esters is 1. The van der Waals surface area contributed by atoms with Crippen molar-refractivity contribution in [2.75, 3.05) is 6.61 Å². The maximum Gasteiger partial charge on any atom is 0.356 e. The molecule has 1 atom stereocenters. The van der Waals surface area contributed by atoms with Crippen LogP contribution in [0.2, 0.25) is 36.3 Å². The van der Waals surface area contributed by atoms with Crippen LogP contribution in [-0.4, -0.2) is 34.8 Å². The van der Waals surface area contributed by atoms with Gasteiger partial charge in [0.05, 0.1) is 12.9 Å². The first-order valence-corrected chi connectivity index (χ1v) is 15.6. The van der Waals surface area contributed by atoms with Gasteiger partial charge in [-0.1, -0.05) is 47.6 Å². The molecule has 0 heterocycles. The molecule has 0 bridgehead atoms. The van der Waals surface area contributed by atoms with Crippen LogP contribution < -0.4 is 0 Å². The van der Waals surface area contributed by atoms with E-state index >= 15 is 0 Å². The highest BCUT2D eigenvalue weighted by Crippen LogP contribution is 2.40. The molecule has 0 N–H and O–H groups in total. The molecule has 0 aromatic heterocycles. The summed E-state index contributed by atoms with van der Waals surface area (Å²) in [6, 6.07) is 2.04. The summed E-state index contributed by atoms with van der Waals surface area (Å²) in [7, 11) is -4.31. The molecule has 0 aromatic rings. The largest absolute Gasteiger partial charge is 0.549 e. The minimum Gasteiger partial charge on any atom is -0.549 e. The van der Waals surface area contributed by atoms with E-state index in [1.807, 2.05) is 19.2 Å². The summed E-state index contributed by atoms with van der Waals surface area (Å²) in [6.45, 7) is 22.9. The normalized spacial score (nSPS) is 16.1. The lowest BCUT2D eigenvalue weighted by Crippen LogP contribution is -2.52. The van der Waals surface area contributed by atoms with Gasteiger partial charge in [-0.15, -0.1) is 0 Å². The molecule has 0 saturated carbocycles. The zero-order valence-electron chi connectivity index (χ0n) is 19.6. The Morgan fingerprint density at radius 1 is 0.964 bits per heavy atom. The number of ether oxygens (including phenoxy) is 1. The van der Waals surface area contributed by atoms with Crippen molar-refractivity contribution < 1.29 is 18.4 Å². The van der Waals surface area contributed by atoms with Crippen LogP contribution >= 0.6 is 0 Å². The van der Waals surface area contributed by atoms with Gasteiger partial charge in [0.15, 0.2) is 8.32 Å². The van der Waals surface area contributed by atoms with E-state index in [1.165, 1.54) is 6.08 Å². The maximum atomic E-state index is 12.6. The molecule has 1 unspecified atom stereocenters. The lowest BCUT2D eigenvalue weighted by atomic mass is 10.1. The first-order chi connectivity index (χ1) is 12.5. The van der Waals surface area contributed by atoms with Crippen molar-refractivity contribution in [1.82, 2.24) is 0 Å². The van der Waals surface area contributed by atoms with Crippen molar-refractivity contribution in [3.63, 3.8) is 0 Å². The second kappa shape index (κ2) is 9.42. The maximum absolute atomic E-state index is 12.6. The number of rotatable bonds is 8. The van der Waals surface area contributed by atoms with Crippen LogP contribution in [0, 0.1) is 11.3 Å².